The first-order valence-corrected chi connectivity index (χ1v) is 13.2. The van der Waals surface area contributed by atoms with E-state index in [-0.39, 0.29) is 24.0 Å². The fourth-order valence-electron chi connectivity index (χ4n) is 4.60. The molecule has 10 nitrogen and oxygen atoms in total. The zero-order chi connectivity index (χ0) is 27.0. The van der Waals surface area contributed by atoms with Crippen LogP contribution in [0.3, 0.4) is 0 Å². The molecule has 0 spiro atoms. The molecule has 1 aliphatic rings. The minimum atomic E-state index is -4.15. The van der Waals surface area contributed by atoms with Gasteiger partial charge in [0.25, 0.3) is 10.0 Å². The zero-order valence-electron chi connectivity index (χ0n) is 21.0. The molecule has 4 aromatic rings. The molecule has 2 heterocycles. The smallest absolute Gasteiger partial charge is 0.261 e. The van der Waals surface area contributed by atoms with Gasteiger partial charge in [-0.1, -0.05) is 24.3 Å². The summed E-state index contributed by atoms with van der Waals surface area (Å²) in [6, 6.07) is 15.3. The van der Waals surface area contributed by atoms with Crippen molar-refractivity contribution in [3.8, 4) is 17.2 Å². The monoisotopic (exact) mass is 537 g/mol. The fraction of sp³-hybridized carbons (Fsp3) is 0.222. The lowest BCUT2D eigenvalue weighted by Gasteiger charge is -2.19. The summed E-state index contributed by atoms with van der Waals surface area (Å²) in [5.41, 5.74) is 6.00. The lowest BCUT2D eigenvalue weighted by molar-refractivity contribution is -0.122. The first-order chi connectivity index (χ1) is 18.2. The van der Waals surface area contributed by atoms with E-state index in [0.717, 1.165) is 22.0 Å². The number of nitrogens with one attached hydrogen (secondary N) is 2. The van der Waals surface area contributed by atoms with Crippen LogP contribution in [0.4, 0.5) is 0 Å². The summed E-state index contributed by atoms with van der Waals surface area (Å²) in [5.74, 6) is -0.292. The molecule has 5 rings (SSSR count). The van der Waals surface area contributed by atoms with E-state index >= 15 is 0 Å². The van der Waals surface area contributed by atoms with Crippen LogP contribution in [0.2, 0.25) is 0 Å². The number of aryl methyl sites for hydroxylation is 2. The maximum Gasteiger partial charge on any atom is 0.261 e. The van der Waals surface area contributed by atoms with Gasteiger partial charge in [-0.25, -0.2) is 8.42 Å². The van der Waals surface area contributed by atoms with E-state index in [1.165, 1.54) is 13.2 Å². The van der Waals surface area contributed by atoms with Gasteiger partial charge in [-0.3, -0.25) is 10.2 Å². The number of sulfonamides is 1. The highest BCUT2D eigenvalue weighted by Gasteiger charge is 2.30. The van der Waals surface area contributed by atoms with Crippen LogP contribution < -0.4 is 24.5 Å². The number of rotatable bonds is 8. The van der Waals surface area contributed by atoms with Gasteiger partial charge >= 0.3 is 0 Å². The van der Waals surface area contributed by atoms with Gasteiger partial charge < -0.3 is 23.9 Å². The number of hydrazine groups is 1. The molecule has 1 aromatic heterocycles. The summed E-state index contributed by atoms with van der Waals surface area (Å²) in [6.45, 7) is 1.77. The second-order valence-electron chi connectivity index (χ2n) is 9.00. The van der Waals surface area contributed by atoms with Crippen molar-refractivity contribution in [1.29, 1.82) is 0 Å². The summed E-state index contributed by atoms with van der Waals surface area (Å²) in [7, 11) is -0.932. The van der Waals surface area contributed by atoms with Crippen LogP contribution in [-0.2, 0) is 28.5 Å². The van der Waals surface area contributed by atoms with Crippen molar-refractivity contribution in [2.45, 2.75) is 24.3 Å². The van der Waals surface area contributed by atoms with Crippen LogP contribution in [0.15, 0.2) is 65.7 Å². The van der Waals surface area contributed by atoms with E-state index in [4.69, 9.17) is 14.2 Å². The van der Waals surface area contributed by atoms with E-state index in [1.807, 2.05) is 36.9 Å². The molecule has 0 saturated carbocycles. The predicted molar refractivity (Wildman–Crippen MR) is 139 cm³/mol. The normalized spacial score (nSPS) is 13.5. The number of carbonyl (C=O) groups excluding carboxylic acids is 1. The van der Waals surface area contributed by atoms with Crippen molar-refractivity contribution in [2.24, 2.45) is 7.05 Å². The van der Waals surface area contributed by atoms with Gasteiger partial charge in [0.2, 0.25) is 12.7 Å². The number of aliphatic hydroxyl groups excluding tert-OH is 1. The Hall–Kier alpha value is -4.06. The minimum absolute atomic E-state index is 0.0754. The number of ether oxygens (including phenoxy) is 3. The van der Waals surface area contributed by atoms with Gasteiger partial charge in [-0.15, -0.1) is 4.83 Å². The Morgan fingerprint density at radius 2 is 1.89 bits per heavy atom. The van der Waals surface area contributed by atoms with Gasteiger partial charge in [-0.05, 0) is 59.5 Å². The molecular formula is C27H27N3O7S. The maximum absolute atomic E-state index is 13.7. The molecule has 38 heavy (non-hydrogen) atoms. The minimum Gasteiger partial charge on any atom is -0.495 e. The molecule has 0 fully saturated rings. The third-order valence-electron chi connectivity index (χ3n) is 6.49. The Morgan fingerprint density at radius 3 is 2.66 bits per heavy atom. The first-order valence-electron chi connectivity index (χ1n) is 11.8. The third-order valence-corrected chi connectivity index (χ3v) is 7.78. The molecule has 1 aliphatic heterocycles. The number of carbonyl (C=O) groups is 1. The SMILES string of the molecule is COc1cc(C)ccc1S(=O)(=O)NNC(=O)[C@H](c1ccc2c(c1)OCO2)c1cn(C)c2cc(CO)ccc12. The van der Waals surface area contributed by atoms with E-state index in [2.05, 4.69) is 10.3 Å². The quantitative estimate of drug-likeness (QED) is 0.295. The Labute approximate surface area is 219 Å². The highest BCUT2D eigenvalue weighted by molar-refractivity contribution is 7.89. The second-order valence-corrected chi connectivity index (χ2v) is 10.7. The van der Waals surface area contributed by atoms with Crippen LogP contribution in [-0.4, -0.2) is 37.9 Å². The van der Waals surface area contributed by atoms with Gasteiger partial charge in [0.1, 0.15) is 10.6 Å². The van der Waals surface area contributed by atoms with Crippen LogP contribution in [0.1, 0.15) is 28.2 Å². The highest BCUT2D eigenvalue weighted by atomic mass is 32.2. The topological polar surface area (TPSA) is 128 Å². The van der Waals surface area contributed by atoms with Crippen molar-refractivity contribution in [3.63, 3.8) is 0 Å². The number of nitrogens with zero attached hydrogens (tertiary/aromatic N) is 1. The number of hydrogen-bond acceptors (Lipinski definition) is 7. The van der Waals surface area contributed by atoms with Gasteiger partial charge in [0, 0.05) is 24.1 Å². The summed E-state index contributed by atoms with van der Waals surface area (Å²) in [4.78, 5) is 15.8. The van der Waals surface area contributed by atoms with Crippen molar-refractivity contribution in [3.05, 3.63) is 83.0 Å². The number of aromatic nitrogens is 1. The largest absolute Gasteiger partial charge is 0.495 e. The number of hydrogen-bond donors (Lipinski definition) is 3. The van der Waals surface area contributed by atoms with E-state index in [0.29, 0.717) is 22.6 Å². The van der Waals surface area contributed by atoms with E-state index < -0.39 is 21.8 Å². The molecule has 1 amide bonds. The van der Waals surface area contributed by atoms with Gasteiger partial charge in [0.15, 0.2) is 11.5 Å². The summed E-state index contributed by atoms with van der Waals surface area (Å²) in [5, 5.41) is 10.4. The third kappa shape index (κ3) is 4.67. The van der Waals surface area contributed by atoms with E-state index in [1.54, 1.807) is 36.4 Å². The molecule has 0 aliphatic carbocycles. The Morgan fingerprint density at radius 1 is 1.11 bits per heavy atom. The van der Waals surface area contributed by atoms with Gasteiger partial charge in [0.05, 0.1) is 19.6 Å². The number of fused-ring (bicyclic) bond motifs is 2. The summed E-state index contributed by atoms with van der Waals surface area (Å²) in [6.07, 6.45) is 1.82. The molecule has 3 N–H and O–H groups in total. The van der Waals surface area contributed by atoms with Crippen molar-refractivity contribution in [1.82, 2.24) is 14.8 Å². The van der Waals surface area contributed by atoms with E-state index in [9.17, 15) is 18.3 Å². The lowest BCUT2D eigenvalue weighted by Crippen LogP contribution is -2.44. The summed E-state index contributed by atoms with van der Waals surface area (Å²) >= 11 is 0. The van der Waals surface area contributed by atoms with Crippen LogP contribution in [0.25, 0.3) is 10.9 Å². The first kappa shape index (κ1) is 25.6. The molecule has 1 atom stereocenters. The molecule has 0 radical (unpaired) electrons. The molecule has 198 valence electrons. The molecule has 0 saturated heterocycles. The summed E-state index contributed by atoms with van der Waals surface area (Å²) < 4.78 is 44.2. The average molecular weight is 538 g/mol. The van der Waals surface area contributed by atoms with Crippen LogP contribution >= 0.6 is 0 Å². The second kappa shape index (κ2) is 10.0. The molecule has 11 heteroatoms. The molecule has 0 bridgehead atoms. The number of methoxy groups -OCH3 is 1. The molecule has 0 unspecified atom stereocenters. The Balaban J connectivity index is 1.53. The highest BCUT2D eigenvalue weighted by Crippen LogP contribution is 2.39. The number of benzene rings is 3. The average Bonchev–Trinajstić information content (AvgIpc) is 3.51. The molecule has 3 aromatic carbocycles. The molecular weight excluding hydrogens is 510 g/mol. The van der Waals surface area contributed by atoms with Gasteiger partial charge in [-0.2, -0.15) is 0 Å². The standard InChI is InChI=1S/C27H27N3O7S/c1-16-4-9-25(24(10-16)35-3)38(33,34)29-28-27(32)26(18-6-8-22-23(12-18)37-15-36-22)20-13-30(2)21-11-17(14-31)5-7-19(20)21/h4-13,26,29,31H,14-15H2,1-3H3,(H,28,32)/t26-/m1/s1. The fourth-order valence-corrected chi connectivity index (χ4v) is 5.59. The lowest BCUT2D eigenvalue weighted by atomic mass is 9.90. The van der Waals surface area contributed by atoms with Crippen molar-refractivity contribution < 1.29 is 32.5 Å². The van der Waals surface area contributed by atoms with Crippen molar-refractivity contribution in [2.75, 3.05) is 13.9 Å². The predicted octanol–water partition coefficient (Wildman–Crippen LogP) is 2.86. The zero-order valence-corrected chi connectivity index (χ0v) is 21.8. The van der Waals surface area contributed by atoms with Crippen LogP contribution in [0, 0.1) is 6.92 Å². The van der Waals surface area contributed by atoms with Crippen LogP contribution in [0.5, 0.6) is 17.2 Å². The number of aliphatic hydroxyl groups is 1. The Bertz CT molecular complexity index is 1650. The Kier molecular flexibility index (Phi) is 6.74. The van der Waals surface area contributed by atoms with Crippen molar-refractivity contribution >= 4 is 26.8 Å². The number of amides is 1. The maximum atomic E-state index is 13.7.